The van der Waals surface area contributed by atoms with Crippen LogP contribution in [0.25, 0.3) is 0 Å². The van der Waals surface area contributed by atoms with Crippen LogP contribution in [-0.4, -0.2) is 31.5 Å². The Kier molecular flexibility index (Phi) is 3.20. The van der Waals surface area contributed by atoms with E-state index >= 15 is 0 Å². The number of benzene rings is 1. The van der Waals surface area contributed by atoms with Crippen LogP contribution in [0.15, 0.2) is 18.2 Å². The van der Waals surface area contributed by atoms with E-state index in [9.17, 15) is 9.59 Å². The van der Waals surface area contributed by atoms with Crippen LogP contribution in [0.4, 0.5) is 11.4 Å². The zero-order valence-corrected chi connectivity index (χ0v) is 10.3. The maximum absolute atomic E-state index is 11.8. The van der Waals surface area contributed by atoms with Crippen molar-refractivity contribution in [1.82, 2.24) is 0 Å². The number of rotatable bonds is 2. The first-order valence-corrected chi connectivity index (χ1v) is 5.59. The Labute approximate surface area is 105 Å². The Morgan fingerprint density at radius 2 is 2.28 bits per heavy atom. The quantitative estimate of drug-likeness (QED) is 0.791. The Morgan fingerprint density at radius 1 is 1.56 bits per heavy atom. The molecule has 0 saturated carbocycles. The van der Waals surface area contributed by atoms with Crippen LogP contribution in [-0.2, 0) is 9.59 Å². The van der Waals surface area contributed by atoms with Crippen molar-refractivity contribution >= 4 is 23.2 Å². The van der Waals surface area contributed by atoms with Gasteiger partial charge in [-0.05, 0) is 25.1 Å². The lowest BCUT2D eigenvalue weighted by Crippen LogP contribution is -2.39. The summed E-state index contributed by atoms with van der Waals surface area (Å²) in [5, 5.41) is 2.69. The van der Waals surface area contributed by atoms with E-state index in [1.54, 1.807) is 32.2 Å². The highest BCUT2D eigenvalue weighted by molar-refractivity contribution is 5.99. The molecule has 2 amide bonds. The van der Waals surface area contributed by atoms with Gasteiger partial charge in [-0.25, -0.2) is 0 Å². The molecule has 1 aliphatic heterocycles. The third kappa shape index (κ3) is 2.28. The minimum absolute atomic E-state index is 0.0148. The van der Waals surface area contributed by atoms with E-state index < -0.39 is 6.04 Å². The van der Waals surface area contributed by atoms with Crippen LogP contribution < -0.4 is 20.7 Å². The summed E-state index contributed by atoms with van der Waals surface area (Å²) in [6, 6.07) is 4.58. The fourth-order valence-corrected chi connectivity index (χ4v) is 1.71. The second-order valence-electron chi connectivity index (χ2n) is 4.20. The molecular formula is C12H15N3O3. The third-order valence-corrected chi connectivity index (χ3v) is 2.70. The summed E-state index contributed by atoms with van der Waals surface area (Å²) in [6.45, 7) is 1.64. The average molecular weight is 249 g/mol. The molecule has 3 N–H and O–H groups in total. The standard InChI is InChI=1S/C12H15N3O3/c1-7(13)12(17)15(2)8-3-4-10-9(5-8)14-11(16)6-18-10/h3-5,7H,6,13H2,1-2H3,(H,14,16). The van der Waals surface area contributed by atoms with Crippen LogP contribution in [0.1, 0.15) is 6.92 Å². The molecule has 1 aromatic carbocycles. The predicted octanol–water partition coefficient (Wildman–Crippen LogP) is 0.327. The molecule has 0 aliphatic carbocycles. The lowest BCUT2D eigenvalue weighted by Gasteiger charge is -2.23. The summed E-state index contributed by atoms with van der Waals surface area (Å²) in [5.41, 5.74) is 6.77. The van der Waals surface area contributed by atoms with Crippen LogP contribution in [0.2, 0.25) is 0 Å². The molecule has 6 heteroatoms. The molecule has 2 rings (SSSR count). The van der Waals surface area contributed by atoms with E-state index in [2.05, 4.69) is 5.32 Å². The summed E-state index contributed by atoms with van der Waals surface area (Å²) in [4.78, 5) is 24.4. The van der Waals surface area contributed by atoms with E-state index in [0.29, 0.717) is 17.1 Å². The fourth-order valence-electron chi connectivity index (χ4n) is 1.71. The zero-order valence-electron chi connectivity index (χ0n) is 10.3. The van der Waals surface area contributed by atoms with Gasteiger partial charge in [0.25, 0.3) is 5.91 Å². The molecule has 0 radical (unpaired) electrons. The minimum atomic E-state index is -0.572. The number of anilines is 2. The number of carbonyl (C=O) groups excluding carboxylic acids is 2. The van der Waals surface area contributed by atoms with Crippen molar-refractivity contribution in [2.75, 3.05) is 23.9 Å². The molecule has 1 heterocycles. The van der Waals surface area contributed by atoms with E-state index in [1.807, 2.05) is 0 Å². The third-order valence-electron chi connectivity index (χ3n) is 2.70. The lowest BCUT2D eigenvalue weighted by atomic mass is 10.2. The highest BCUT2D eigenvalue weighted by Crippen LogP contribution is 2.31. The summed E-state index contributed by atoms with van der Waals surface area (Å²) in [7, 11) is 1.64. The predicted molar refractivity (Wildman–Crippen MR) is 67.6 cm³/mol. The van der Waals surface area contributed by atoms with Crippen molar-refractivity contribution in [2.24, 2.45) is 5.73 Å². The minimum Gasteiger partial charge on any atom is -0.482 e. The van der Waals surface area contributed by atoms with Gasteiger partial charge in [0.05, 0.1) is 11.7 Å². The molecular weight excluding hydrogens is 234 g/mol. The zero-order chi connectivity index (χ0) is 13.3. The lowest BCUT2D eigenvalue weighted by molar-refractivity contribution is -0.119. The SMILES string of the molecule is CC(N)C(=O)N(C)c1ccc2c(c1)NC(=O)CO2. The maximum Gasteiger partial charge on any atom is 0.262 e. The topological polar surface area (TPSA) is 84.7 Å². The second-order valence-corrected chi connectivity index (χ2v) is 4.20. The fraction of sp³-hybridized carbons (Fsp3) is 0.333. The highest BCUT2D eigenvalue weighted by atomic mass is 16.5. The van der Waals surface area contributed by atoms with Crippen LogP contribution in [0.5, 0.6) is 5.75 Å². The van der Waals surface area contributed by atoms with Gasteiger partial charge in [0.1, 0.15) is 5.75 Å². The molecule has 1 unspecified atom stereocenters. The summed E-state index contributed by atoms with van der Waals surface area (Å²) >= 11 is 0. The molecule has 0 aromatic heterocycles. The first-order chi connectivity index (χ1) is 8.49. The molecule has 0 saturated heterocycles. The van der Waals surface area contributed by atoms with Crippen LogP contribution in [0.3, 0.4) is 0 Å². The Morgan fingerprint density at radius 3 is 2.94 bits per heavy atom. The molecule has 6 nitrogen and oxygen atoms in total. The van der Waals surface area contributed by atoms with Gasteiger partial charge in [0.15, 0.2) is 6.61 Å². The van der Waals surface area contributed by atoms with E-state index in [-0.39, 0.29) is 18.4 Å². The normalized spacial score (nSPS) is 15.2. The van der Waals surface area contributed by atoms with Gasteiger partial charge in [-0.2, -0.15) is 0 Å². The summed E-state index contributed by atoms with van der Waals surface area (Å²) in [5.74, 6) is 0.193. The average Bonchev–Trinajstić information content (AvgIpc) is 2.35. The van der Waals surface area contributed by atoms with E-state index in [0.717, 1.165) is 0 Å². The first kappa shape index (κ1) is 12.4. The van der Waals surface area contributed by atoms with Gasteiger partial charge >= 0.3 is 0 Å². The van der Waals surface area contributed by atoms with Crippen molar-refractivity contribution in [3.63, 3.8) is 0 Å². The van der Waals surface area contributed by atoms with Crippen LogP contribution in [0, 0.1) is 0 Å². The largest absolute Gasteiger partial charge is 0.482 e. The van der Waals surface area contributed by atoms with Crippen LogP contribution >= 0.6 is 0 Å². The van der Waals surface area contributed by atoms with Gasteiger partial charge in [-0.1, -0.05) is 0 Å². The Bertz CT molecular complexity index is 499. The molecule has 96 valence electrons. The number of fused-ring (bicyclic) bond motifs is 1. The van der Waals surface area contributed by atoms with E-state index in [4.69, 9.17) is 10.5 Å². The van der Waals surface area contributed by atoms with Gasteiger partial charge in [0, 0.05) is 12.7 Å². The molecule has 0 spiro atoms. The van der Waals surface area contributed by atoms with Gasteiger partial charge in [-0.3, -0.25) is 9.59 Å². The maximum atomic E-state index is 11.8. The number of hydrogen-bond donors (Lipinski definition) is 2. The number of likely N-dealkylation sites (N-methyl/N-ethyl adjacent to an activating group) is 1. The summed E-state index contributed by atoms with van der Waals surface area (Å²) < 4.78 is 5.24. The molecule has 0 bridgehead atoms. The molecule has 1 aromatic rings. The van der Waals surface area contributed by atoms with Crippen molar-refractivity contribution in [3.05, 3.63) is 18.2 Å². The number of carbonyl (C=O) groups is 2. The van der Waals surface area contributed by atoms with Crippen molar-refractivity contribution < 1.29 is 14.3 Å². The second kappa shape index (κ2) is 4.66. The highest BCUT2D eigenvalue weighted by Gasteiger charge is 2.19. The number of amides is 2. The van der Waals surface area contributed by atoms with Gasteiger partial charge in [-0.15, -0.1) is 0 Å². The first-order valence-electron chi connectivity index (χ1n) is 5.59. The van der Waals surface area contributed by atoms with Crippen molar-refractivity contribution in [1.29, 1.82) is 0 Å². The number of nitrogens with zero attached hydrogens (tertiary/aromatic N) is 1. The monoisotopic (exact) mass is 249 g/mol. The molecule has 0 fully saturated rings. The molecule has 1 aliphatic rings. The molecule has 18 heavy (non-hydrogen) atoms. The number of nitrogens with one attached hydrogen (secondary N) is 1. The summed E-state index contributed by atoms with van der Waals surface area (Å²) in [6.07, 6.45) is 0. The van der Waals surface area contributed by atoms with Crippen molar-refractivity contribution in [3.8, 4) is 5.75 Å². The Balaban J connectivity index is 2.28. The number of ether oxygens (including phenoxy) is 1. The number of nitrogens with two attached hydrogens (primary N) is 1. The smallest absolute Gasteiger partial charge is 0.262 e. The van der Waals surface area contributed by atoms with E-state index in [1.165, 1.54) is 4.90 Å². The van der Waals surface area contributed by atoms with Gasteiger partial charge in [0.2, 0.25) is 5.91 Å². The Hall–Kier alpha value is -2.08. The van der Waals surface area contributed by atoms with Crippen molar-refractivity contribution in [2.45, 2.75) is 13.0 Å². The van der Waals surface area contributed by atoms with Gasteiger partial charge < -0.3 is 20.7 Å². The molecule has 1 atom stereocenters. The number of hydrogen-bond acceptors (Lipinski definition) is 4.